The van der Waals surface area contributed by atoms with E-state index in [4.69, 9.17) is 11.6 Å². The predicted octanol–water partition coefficient (Wildman–Crippen LogP) is 3.51. The van der Waals surface area contributed by atoms with Gasteiger partial charge in [0.05, 0.1) is 0 Å². The number of hydrogen-bond donors (Lipinski definition) is 1. The maximum Gasteiger partial charge on any atom is 0.344 e. The molecule has 4 saturated heterocycles. The number of fused-ring (bicyclic) bond motifs is 1. The van der Waals surface area contributed by atoms with Crippen LogP contribution in [-0.4, -0.2) is 93.7 Å². The monoisotopic (exact) mass is 567 g/mol. The SMILES string of the molecule is CC(=O)Nc1ccn(C(=O)N2CCC3(CCCN3Cc3cc(Cl)cc(N4CC5CN(C(C)=O)CC5C4)c3)CC2)n1. The lowest BCUT2D eigenvalue weighted by Gasteiger charge is -2.45. The minimum absolute atomic E-state index is 0.0888. The topological polar surface area (TPSA) is 94.0 Å². The molecule has 4 fully saturated rings. The van der Waals surface area contributed by atoms with Gasteiger partial charge in [-0.2, -0.15) is 4.68 Å². The first kappa shape index (κ1) is 27.1. The van der Waals surface area contributed by atoms with Crippen molar-refractivity contribution in [3.63, 3.8) is 0 Å². The van der Waals surface area contributed by atoms with Crippen molar-refractivity contribution in [3.8, 4) is 0 Å². The number of nitrogens with zero attached hydrogens (tertiary/aromatic N) is 6. The molecule has 4 aliphatic rings. The Bertz CT molecular complexity index is 1290. The Morgan fingerprint density at radius 3 is 2.38 bits per heavy atom. The van der Waals surface area contributed by atoms with E-state index in [9.17, 15) is 14.4 Å². The van der Waals surface area contributed by atoms with E-state index in [2.05, 4.69) is 38.4 Å². The smallest absolute Gasteiger partial charge is 0.344 e. The number of benzene rings is 1. The summed E-state index contributed by atoms with van der Waals surface area (Å²) in [6.45, 7) is 9.99. The number of hydrogen-bond acceptors (Lipinski definition) is 6. The molecule has 0 aliphatic carbocycles. The van der Waals surface area contributed by atoms with E-state index in [0.717, 1.165) is 70.0 Å². The summed E-state index contributed by atoms with van der Waals surface area (Å²) < 4.78 is 1.31. The summed E-state index contributed by atoms with van der Waals surface area (Å²) in [7, 11) is 0. The fourth-order valence-electron chi connectivity index (χ4n) is 7.33. The van der Waals surface area contributed by atoms with Crippen molar-refractivity contribution in [2.75, 3.05) is 56.0 Å². The van der Waals surface area contributed by atoms with Crippen LogP contribution in [0.15, 0.2) is 30.5 Å². The van der Waals surface area contributed by atoms with Crippen LogP contribution in [0.25, 0.3) is 0 Å². The standard InChI is InChI=1S/C29H38ClN7O3/c1-20(38)31-27-4-9-37(32-27)28(40)33-10-6-29(7-11-33)5-3-8-36(29)15-22-12-25(30)14-26(13-22)35-18-23-16-34(21(2)39)17-24(23)19-35/h4,9,12-14,23-24H,3,5-8,10-11,15-19H2,1-2H3,(H,31,32,38). The molecular formula is C29H38ClN7O3. The molecular weight excluding hydrogens is 530 g/mol. The minimum Gasteiger partial charge on any atom is -0.371 e. The lowest BCUT2D eigenvalue weighted by atomic mass is 9.85. The number of likely N-dealkylation sites (tertiary alicyclic amines) is 3. The average Bonchev–Trinajstić information content (AvgIpc) is 3.68. The van der Waals surface area contributed by atoms with Gasteiger partial charge in [0.2, 0.25) is 11.8 Å². The van der Waals surface area contributed by atoms with Gasteiger partial charge in [0.1, 0.15) is 0 Å². The van der Waals surface area contributed by atoms with Crippen molar-refractivity contribution in [3.05, 3.63) is 41.0 Å². The molecule has 1 aromatic carbocycles. The maximum absolute atomic E-state index is 13.1. The van der Waals surface area contributed by atoms with Gasteiger partial charge >= 0.3 is 6.03 Å². The number of aromatic nitrogens is 2. The van der Waals surface area contributed by atoms with Crippen LogP contribution in [0.1, 0.15) is 45.1 Å². The van der Waals surface area contributed by atoms with Crippen LogP contribution in [0.5, 0.6) is 0 Å². The highest BCUT2D eigenvalue weighted by Gasteiger charge is 2.44. The molecule has 214 valence electrons. The van der Waals surface area contributed by atoms with Crippen LogP contribution in [0.3, 0.4) is 0 Å². The molecule has 0 saturated carbocycles. The molecule has 6 rings (SSSR count). The molecule has 2 atom stereocenters. The second kappa shape index (κ2) is 10.7. The third kappa shape index (κ3) is 5.31. The van der Waals surface area contributed by atoms with E-state index in [1.54, 1.807) is 19.2 Å². The van der Waals surface area contributed by atoms with Crippen LogP contribution in [0, 0.1) is 11.8 Å². The van der Waals surface area contributed by atoms with Crippen LogP contribution < -0.4 is 10.2 Å². The first-order valence-corrected chi connectivity index (χ1v) is 14.7. The Morgan fingerprint density at radius 2 is 1.70 bits per heavy atom. The Kier molecular flexibility index (Phi) is 7.25. The van der Waals surface area contributed by atoms with Gasteiger partial charge in [-0.25, -0.2) is 4.79 Å². The fourth-order valence-corrected chi connectivity index (χ4v) is 7.58. The molecule has 40 heavy (non-hydrogen) atoms. The normalized spacial score (nSPS) is 24.1. The van der Waals surface area contributed by atoms with Gasteiger partial charge in [-0.1, -0.05) is 11.6 Å². The van der Waals surface area contributed by atoms with E-state index in [-0.39, 0.29) is 23.4 Å². The van der Waals surface area contributed by atoms with Gasteiger partial charge in [-0.15, -0.1) is 5.10 Å². The zero-order chi connectivity index (χ0) is 28.0. The molecule has 10 nitrogen and oxygen atoms in total. The third-order valence-corrected chi connectivity index (χ3v) is 9.63. The summed E-state index contributed by atoms with van der Waals surface area (Å²) >= 11 is 6.64. The van der Waals surface area contributed by atoms with Crippen molar-refractivity contribution in [1.29, 1.82) is 0 Å². The van der Waals surface area contributed by atoms with Crippen molar-refractivity contribution < 1.29 is 14.4 Å². The van der Waals surface area contributed by atoms with Crippen molar-refractivity contribution in [2.45, 2.75) is 51.6 Å². The number of anilines is 2. The van der Waals surface area contributed by atoms with Crippen LogP contribution in [0.2, 0.25) is 5.02 Å². The van der Waals surface area contributed by atoms with Crippen LogP contribution in [0.4, 0.5) is 16.3 Å². The number of halogens is 1. The predicted molar refractivity (Wildman–Crippen MR) is 153 cm³/mol. The number of carbonyl (C=O) groups excluding carboxylic acids is 3. The molecule has 1 aromatic heterocycles. The molecule has 3 amide bonds. The largest absolute Gasteiger partial charge is 0.371 e. The molecule has 2 aromatic rings. The van der Waals surface area contributed by atoms with E-state index in [1.165, 1.54) is 22.9 Å². The zero-order valence-corrected chi connectivity index (χ0v) is 24.1. The quantitative estimate of drug-likeness (QED) is 0.608. The highest BCUT2D eigenvalue weighted by molar-refractivity contribution is 6.30. The van der Waals surface area contributed by atoms with Crippen LogP contribution in [-0.2, 0) is 16.1 Å². The summed E-state index contributed by atoms with van der Waals surface area (Å²) in [5, 5.41) is 7.60. The van der Waals surface area contributed by atoms with E-state index < -0.39 is 0 Å². The van der Waals surface area contributed by atoms with Gasteiger partial charge in [-0.3, -0.25) is 14.5 Å². The first-order chi connectivity index (χ1) is 19.2. The number of piperidine rings is 1. The molecule has 0 radical (unpaired) electrons. The van der Waals surface area contributed by atoms with E-state index in [0.29, 0.717) is 30.7 Å². The highest BCUT2D eigenvalue weighted by Crippen LogP contribution is 2.41. The molecule has 11 heteroatoms. The van der Waals surface area contributed by atoms with Gasteiger partial charge in [-0.05, 0) is 56.0 Å². The molecule has 1 N–H and O–H groups in total. The maximum atomic E-state index is 13.1. The summed E-state index contributed by atoms with van der Waals surface area (Å²) in [5.74, 6) is 1.40. The Labute approximate surface area is 240 Å². The lowest BCUT2D eigenvalue weighted by Crippen LogP contribution is -2.53. The average molecular weight is 568 g/mol. The summed E-state index contributed by atoms with van der Waals surface area (Å²) in [4.78, 5) is 45.1. The summed E-state index contributed by atoms with van der Waals surface area (Å²) in [5.41, 5.74) is 2.50. The molecule has 1 spiro atoms. The van der Waals surface area contributed by atoms with Crippen LogP contribution >= 0.6 is 11.6 Å². The summed E-state index contributed by atoms with van der Waals surface area (Å²) in [6.07, 6.45) is 5.74. The Balaban J connectivity index is 1.09. The number of rotatable bonds is 4. The number of carbonyl (C=O) groups is 3. The fraction of sp³-hybridized carbons (Fsp3) is 0.586. The molecule has 4 aliphatic heterocycles. The van der Waals surface area contributed by atoms with Gasteiger partial charge in [0.15, 0.2) is 5.82 Å². The van der Waals surface area contributed by atoms with Crippen molar-refractivity contribution in [2.24, 2.45) is 11.8 Å². The van der Waals surface area contributed by atoms with E-state index in [1.807, 2.05) is 9.80 Å². The minimum atomic E-state index is -0.213. The lowest BCUT2D eigenvalue weighted by molar-refractivity contribution is -0.128. The second-order valence-electron chi connectivity index (χ2n) is 12.0. The summed E-state index contributed by atoms with van der Waals surface area (Å²) in [6, 6.07) is 7.94. The van der Waals surface area contributed by atoms with Crippen molar-refractivity contribution in [1.82, 2.24) is 24.5 Å². The van der Waals surface area contributed by atoms with Gasteiger partial charge in [0.25, 0.3) is 0 Å². The number of nitrogens with one attached hydrogen (secondary N) is 1. The Hall–Kier alpha value is -3.11. The van der Waals surface area contributed by atoms with Gasteiger partial charge < -0.3 is 20.0 Å². The second-order valence-corrected chi connectivity index (χ2v) is 12.4. The Morgan fingerprint density at radius 1 is 0.975 bits per heavy atom. The molecule has 5 heterocycles. The van der Waals surface area contributed by atoms with E-state index >= 15 is 0 Å². The third-order valence-electron chi connectivity index (χ3n) is 9.41. The number of amides is 3. The molecule has 2 unspecified atom stereocenters. The highest BCUT2D eigenvalue weighted by atomic mass is 35.5. The van der Waals surface area contributed by atoms with Gasteiger partial charge in [0, 0.05) is 100 Å². The molecule has 0 bridgehead atoms. The first-order valence-electron chi connectivity index (χ1n) is 14.4. The zero-order valence-electron chi connectivity index (χ0n) is 23.3. The van der Waals surface area contributed by atoms with Crippen molar-refractivity contribution >= 4 is 41.0 Å².